The van der Waals surface area contributed by atoms with Crippen molar-refractivity contribution in [2.45, 2.75) is 19.4 Å². The SMILES string of the molecule is CC(C)(C(=O)O)C1C=CN(S(=O)(=O)C(F)(F)F)C=C1. The van der Waals surface area contributed by atoms with Crippen LogP contribution in [0, 0.1) is 11.3 Å². The molecule has 0 atom stereocenters. The molecule has 19 heavy (non-hydrogen) atoms. The molecule has 1 aliphatic rings. The molecule has 1 rings (SSSR count). The van der Waals surface area contributed by atoms with E-state index in [-0.39, 0.29) is 4.31 Å². The highest BCUT2D eigenvalue weighted by molar-refractivity contribution is 7.90. The lowest BCUT2D eigenvalue weighted by Gasteiger charge is -2.29. The van der Waals surface area contributed by atoms with Gasteiger partial charge in [-0.2, -0.15) is 21.6 Å². The summed E-state index contributed by atoms with van der Waals surface area (Å²) in [6.07, 6.45) is 3.63. The fraction of sp³-hybridized carbons (Fsp3) is 0.500. The minimum absolute atomic E-state index is 0.0153. The van der Waals surface area contributed by atoms with Gasteiger partial charge in [-0.25, -0.2) is 4.31 Å². The van der Waals surface area contributed by atoms with Crippen molar-refractivity contribution in [3.05, 3.63) is 24.6 Å². The summed E-state index contributed by atoms with van der Waals surface area (Å²) in [4.78, 5) is 11.0. The first kappa shape index (κ1) is 15.5. The van der Waals surface area contributed by atoms with Crippen LogP contribution in [0.4, 0.5) is 13.2 Å². The quantitative estimate of drug-likeness (QED) is 0.863. The van der Waals surface area contributed by atoms with Crippen LogP contribution in [0.5, 0.6) is 0 Å². The van der Waals surface area contributed by atoms with Crippen LogP contribution in [0.25, 0.3) is 0 Å². The fourth-order valence-corrected chi connectivity index (χ4v) is 2.07. The summed E-state index contributed by atoms with van der Waals surface area (Å²) in [5.74, 6) is -1.84. The van der Waals surface area contributed by atoms with Gasteiger partial charge in [-0.05, 0) is 13.8 Å². The molecule has 0 bridgehead atoms. The number of alkyl halides is 3. The average molecular weight is 299 g/mol. The molecular weight excluding hydrogens is 287 g/mol. The van der Waals surface area contributed by atoms with Gasteiger partial charge in [0.25, 0.3) is 0 Å². The number of halogens is 3. The molecule has 0 aromatic rings. The van der Waals surface area contributed by atoms with E-state index >= 15 is 0 Å². The van der Waals surface area contributed by atoms with E-state index in [2.05, 4.69) is 0 Å². The maximum absolute atomic E-state index is 12.3. The molecule has 1 heterocycles. The molecule has 0 spiro atoms. The summed E-state index contributed by atoms with van der Waals surface area (Å²) in [7, 11) is -5.48. The highest BCUT2D eigenvalue weighted by atomic mass is 32.2. The van der Waals surface area contributed by atoms with Crippen molar-refractivity contribution in [2.75, 3.05) is 0 Å². The molecule has 108 valence electrons. The largest absolute Gasteiger partial charge is 0.517 e. The van der Waals surface area contributed by atoms with Crippen LogP contribution in [0.1, 0.15) is 13.8 Å². The lowest BCUT2D eigenvalue weighted by Crippen LogP contribution is -2.37. The van der Waals surface area contributed by atoms with E-state index < -0.39 is 32.8 Å². The average Bonchev–Trinajstić information content (AvgIpc) is 2.27. The second-order valence-corrected chi connectivity index (χ2v) is 6.35. The van der Waals surface area contributed by atoms with Crippen LogP contribution in [0.2, 0.25) is 0 Å². The van der Waals surface area contributed by atoms with Gasteiger partial charge in [0.1, 0.15) is 0 Å². The second kappa shape index (κ2) is 4.55. The summed E-state index contributed by atoms with van der Waals surface area (Å²) >= 11 is 0. The van der Waals surface area contributed by atoms with E-state index in [0.717, 1.165) is 12.2 Å². The molecular formula is C10H12F3NO4S. The maximum atomic E-state index is 12.3. The third-order valence-corrected chi connectivity index (χ3v) is 4.22. The van der Waals surface area contributed by atoms with Gasteiger partial charge in [0.2, 0.25) is 0 Å². The van der Waals surface area contributed by atoms with Gasteiger partial charge >= 0.3 is 21.5 Å². The molecule has 0 aliphatic carbocycles. The molecule has 0 fully saturated rings. The Kier molecular flexibility index (Phi) is 3.72. The minimum Gasteiger partial charge on any atom is -0.481 e. The molecule has 9 heteroatoms. The normalized spacial score (nSPS) is 17.8. The van der Waals surface area contributed by atoms with Gasteiger partial charge in [-0.1, -0.05) is 12.2 Å². The van der Waals surface area contributed by atoms with Gasteiger partial charge in [0, 0.05) is 18.3 Å². The zero-order valence-electron chi connectivity index (χ0n) is 10.0. The predicted octanol–water partition coefficient (Wildman–Crippen LogP) is 1.91. The lowest BCUT2D eigenvalue weighted by molar-refractivity contribution is -0.148. The number of hydrogen-bond acceptors (Lipinski definition) is 3. The maximum Gasteiger partial charge on any atom is 0.517 e. The predicted molar refractivity (Wildman–Crippen MR) is 60.0 cm³/mol. The van der Waals surface area contributed by atoms with Gasteiger partial charge < -0.3 is 5.11 Å². The van der Waals surface area contributed by atoms with Crippen molar-refractivity contribution in [3.8, 4) is 0 Å². The Morgan fingerprint density at radius 3 is 1.95 bits per heavy atom. The fourth-order valence-electron chi connectivity index (χ4n) is 1.37. The first-order valence-corrected chi connectivity index (χ1v) is 6.54. The second-order valence-electron chi connectivity index (χ2n) is 4.52. The minimum atomic E-state index is -5.48. The molecule has 0 amide bonds. The van der Waals surface area contributed by atoms with Crippen molar-refractivity contribution in [1.29, 1.82) is 0 Å². The highest BCUT2D eigenvalue weighted by Gasteiger charge is 2.49. The van der Waals surface area contributed by atoms with Crippen LogP contribution in [-0.4, -0.2) is 29.3 Å². The third-order valence-electron chi connectivity index (χ3n) is 2.84. The van der Waals surface area contributed by atoms with E-state index in [9.17, 15) is 26.4 Å². The molecule has 0 aromatic heterocycles. The number of carboxylic acids is 1. The molecule has 0 saturated heterocycles. The molecule has 0 saturated carbocycles. The van der Waals surface area contributed by atoms with Gasteiger partial charge in [0.15, 0.2) is 0 Å². The van der Waals surface area contributed by atoms with Crippen LogP contribution in [0.15, 0.2) is 24.6 Å². The van der Waals surface area contributed by atoms with Crippen molar-refractivity contribution >= 4 is 16.0 Å². The molecule has 0 radical (unpaired) electrons. The Bertz CT molecular complexity index is 519. The Balaban J connectivity index is 3.00. The van der Waals surface area contributed by atoms with Crippen LogP contribution < -0.4 is 0 Å². The number of carboxylic acid groups (broad SMARTS) is 1. The summed E-state index contributed by atoms with van der Waals surface area (Å²) in [5, 5.41) is 8.97. The van der Waals surface area contributed by atoms with Crippen molar-refractivity contribution in [2.24, 2.45) is 11.3 Å². The number of sulfonamides is 1. The Labute approximate surface area is 108 Å². The van der Waals surface area contributed by atoms with Gasteiger partial charge in [0.05, 0.1) is 5.41 Å². The monoisotopic (exact) mass is 299 g/mol. The number of allylic oxidation sites excluding steroid dienone is 2. The lowest BCUT2D eigenvalue weighted by atomic mass is 9.78. The van der Waals surface area contributed by atoms with E-state index in [1.165, 1.54) is 13.8 Å². The third kappa shape index (κ3) is 2.75. The first-order chi connectivity index (χ1) is 8.40. The van der Waals surface area contributed by atoms with Crippen molar-refractivity contribution in [3.63, 3.8) is 0 Å². The molecule has 0 unspecified atom stereocenters. The zero-order chi connectivity index (χ0) is 15.1. The van der Waals surface area contributed by atoms with E-state index in [4.69, 9.17) is 5.11 Å². The van der Waals surface area contributed by atoms with Crippen LogP contribution >= 0.6 is 0 Å². The highest BCUT2D eigenvalue weighted by Crippen LogP contribution is 2.34. The Morgan fingerprint density at radius 2 is 1.63 bits per heavy atom. The van der Waals surface area contributed by atoms with Crippen molar-refractivity contribution < 1.29 is 31.5 Å². The Morgan fingerprint density at radius 1 is 1.21 bits per heavy atom. The Hall–Kier alpha value is -1.51. The number of aliphatic carboxylic acids is 1. The summed E-state index contributed by atoms with van der Waals surface area (Å²) < 4.78 is 59.0. The summed E-state index contributed by atoms with van der Waals surface area (Å²) in [6, 6.07) is 0. The van der Waals surface area contributed by atoms with Gasteiger partial charge in [-0.3, -0.25) is 4.79 Å². The smallest absolute Gasteiger partial charge is 0.481 e. The number of hydrogen-bond donors (Lipinski definition) is 1. The zero-order valence-corrected chi connectivity index (χ0v) is 10.9. The van der Waals surface area contributed by atoms with Crippen LogP contribution in [0.3, 0.4) is 0 Å². The first-order valence-electron chi connectivity index (χ1n) is 5.10. The van der Waals surface area contributed by atoms with E-state index in [0.29, 0.717) is 12.4 Å². The number of rotatable bonds is 3. The number of nitrogens with zero attached hydrogens (tertiary/aromatic N) is 1. The van der Waals surface area contributed by atoms with E-state index in [1.54, 1.807) is 0 Å². The molecule has 5 nitrogen and oxygen atoms in total. The van der Waals surface area contributed by atoms with Gasteiger partial charge in [-0.15, -0.1) is 0 Å². The molecule has 0 aromatic carbocycles. The summed E-state index contributed by atoms with van der Waals surface area (Å²) in [6.45, 7) is 2.78. The summed E-state index contributed by atoms with van der Waals surface area (Å²) in [5.41, 5.74) is -6.65. The standard InChI is InChI=1S/C10H12F3NO4S/c1-9(2,8(15)16)7-3-5-14(6-4-7)19(17,18)10(11,12)13/h3-7H,1-2H3,(H,15,16). The number of carbonyl (C=O) groups is 1. The van der Waals surface area contributed by atoms with E-state index in [1.807, 2.05) is 0 Å². The van der Waals surface area contributed by atoms with Crippen molar-refractivity contribution in [1.82, 2.24) is 4.31 Å². The molecule has 1 aliphatic heterocycles. The topological polar surface area (TPSA) is 74.7 Å². The molecule has 1 N–H and O–H groups in total. The van der Waals surface area contributed by atoms with Crippen LogP contribution in [-0.2, 0) is 14.8 Å².